The van der Waals surface area contributed by atoms with Gasteiger partial charge in [-0.3, -0.25) is 4.79 Å². The Balaban J connectivity index is 2.13. The average Bonchev–Trinajstić information content (AvgIpc) is 2.16. The Kier molecular flexibility index (Phi) is 2.80. The van der Waals surface area contributed by atoms with Gasteiger partial charge in [0.15, 0.2) is 0 Å². The molecule has 3 heteroatoms. The van der Waals surface area contributed by atoms with E-state index in [9.17, 15) is 13.6 Å². The van der Waals surface area contributed by atoms with Crippen LogP contribution in [0.1, 0.15) is 34.7 Å². The Morgan fingerprint density at radius 2 is 1.87 bits per heavy atom. The van der Waals surface area contributed by atoms with Gasteiger partial charge in [-0.25, -0.2) is 8.78 Å². The largest absolute Gasteiger partial charge is 0.298 e. The molecule has 0 spiro atoms. The summed E-state index contributed by atoms with van der Waals surface area (Å²) in [7, 11) is 0. The lowest BCUT2D eigenvalue weighted by Crippen LogP contribution is -2.29. The van der Waals surface area contributed by atoms with E-state index in [1.165, 1.54) is 0 Å². The number of hydrogen-bond donors (Lipinski definition) is 0. The molecule has 0 bridgehead atoms. The number of benzene rings is 1. The number of carbonyl (C=O) groups is 1. The van der Waals surface area contributed by atoms with E-state index in [0.29, 0.717) is 12.0 Å². The van der Waals surface area contributed by atoms with Crippen molar-refractivity contribution in [2.24, 2.45) is 5.92 Å². The van der Waals surface area contributed by atoms with Crippen LogP contribution < -0.4 is 0 Å². The van der Waals surface area contributed by atoms with Crippen LogP contribution in [0.4, 0.5) is 8.78 Å². The third kappa shape index (κ3) is 1.91. The maximum atomic E-state index is 12.5. The van der Waals surface area contributed by atoms with Crippen LogP contribution in [-0.2, 0) is 0 Å². The molecule has 0 saturated heterocycles. The van der Waals surface area contributed by atoms with Gasteiger partial charge in [0.25, 0.3) is 0 Å². The van der Waals surface area contributed by atoms with Crippen molar-refractivity contribution in [3.05, 3.63) is 35.4 Å². The first-order valence-corrected chi connectivity index (χ1v) is 5.05. The molecule has 2 unspecified atom stereocenters. The minimum Gasteiger partial charge on any atom is -0.298 e. The summed E-state index contributed by atoms with van der Waals surface area (Å²) in [6.07, 6.45) is -0.0305. The van der Waals surface area contributed by atoms with Gasteiger partial charge in [-0.15, -0.1) is 0 Å². The zero-order valence-corrected chi connectivity index (χ0v) is 8.20. The van der Waals surface area contributed by atoms with E-state index in [-0.39, 0.29) is 5.92 Å². The summed E-state index contributed by atoms with van der Waals surface area (Å²) in [5, 5.41) is 0. The Labute approximate surface area is 87.1 Å². The molecular formula is C12H12F2O. The van der Waals surface area contributed by atoms with E-state index in [0.717, 1.165) is 18.3 Å². The summed E-state index contributed by atoms with van der Waals surface area (Å²) in [5.74, 6) is -0.516. The van der Waals surface area contributed by atoms with E-state index in [4.69, 9.17) is 0 Å². The average molecular weight is 210 g/mol. The fourth-order valence-corrected chi connectivity index (χ4v) is 2.06. The van der Waals surface area contributed by atoms with E-state index in [2.05, 4.69) is 0 Å². The molecule has 0 N–H and O–H groups in total. The van der Waals surface area contributed by atoms with Crippen molar-refractivity contribution in [1.82, 2.24) is 0 Å². The molecule has 0 aromatic heterocycles. The molecule has 0 heterocycles. The van der Waals surface area contributed by atoms with E-state index in [1.807, 2.05) is 0 Å². The van der Waals surface area contributed by atoms with Crippen LogP contribution in [0, 0.1) is 5.92 Å². The molecule has 2 rings (SSSR count). The normalized spacial score (nSPS) is 25.0. The number of hydrogen-bond acceptors (Lipinski definition) is 1. The van der Waals surface area contributed by atoms with Crippen LogP contribution in [0.25, 0.3) is 0 Å². The zero-order chi connectivity index (χ0) is 10.8. The van der Waals surface area contributed by atoms with Crippen LogP contribution in [0.3, 0.4) is 0 Å². The van der Waals surface area contributed by atoms with Gasteiger partial charge in [0.2, 0.25) is 6.43 Å². The number of rotatable bonds is 3. The first-order chi connectivity index (χ1) is 7.22. The SMILES string of the molecule is O=Cc1ccc(C2CCC2C(F)F)cc1. The first kappa shape index (κ1) is 10.3. The molecule has 1 saturated carbocycles. The highest BCUT2D eigenvalue weighted by Crippen LogP contribution is 2.45. The molecule has 1 aliphatic rings. The number of alkyl halides is 2. The van der Waals surface area contributed by atoms with Gasteiger partial charge in [0.05, 0.1) is 0 Å². The third-order valence-corrected chi connectivity index (χ3v) is 3.15. The molecule has 1 aromatic rings. The van der Waals surface area contributed by atoms with Crippen molar-refractivity contribution in [3.63, 3.8) is 0 Å². The quantitative estimate of drug-likeness (QED) is 0.700. The number of carbonyl (C=O) groups excluding carboxylic acids is 1. The van der Waals surface area contributed by atoms with Gasteiger partial charge in [-0.1, -0.05) is 24.3 Å². The van der Waals surface area contributed by atoms with Gasteiger partial charge < -0.3 is 0 Å². The maximum Gasteiger partial charge on any atom is 0.242 e. The molecule has 1 nitrogen and oxygen atoms in total. The highest BCUT2D eigenvalue weighted by molar-refractivity contribution is 5.74. The second-order valence-electron chi connectivity index (χ2n) is 3.97. The minimum absolute atomic E-state index is 0.0225. The van der Waals surface area contributed by atoms with Crippen LogP contribution in [0.2, 0.25) is 0 Å². The molecular weight excluding hydrogens is 198 g/mol. The first-order valence-electron chi connectivity index (χ1n) is 5.05. The Morgan fingerprint density at radius 3 is 2.27 bits per heavy atom. The van der Waals surface area contributed by atoms with Crippen LogP contribution >= 0.6 is 0 Å². The number of aldehydes is 1. The molecule has 0 radical (unpaired) electrons. The number of halogens is 2. The van der Waals surface area contributed by atoms with Gasteiger partial charge >= 0.3 is 0 Å². The van der Waals surface area contributed by atoms with Crippen LogP contribution in [0.5, 0.6) is 0 Å². The van der Waals surface area contributed by atoms with Crippen LogP contribution in [0.15, 0.2) is 24.3 Å². The lowest BCUT2D eigenvalue weighted by Gasteiger charge is -2.36. The Bertz CT molecular complexity index is 345. The third-order valence-electron chi connectivity index (χ3n) is 3.15. The summed E-state index contributed by atoms with van der Waals surface area (Å²) in [6.45, 7) is 0. The molecule has 0 aliphatic heterocycles. The fraction of sp³-hybridized carbons (Fsp3) is 0.417. The Morgan fingerprint density at radius 1 is 1.20 bits per heavy atom. The molecule has 1 fully saturated rings. The fourth-order valence-electron chi connectivity index (χ4n) is 2.06. The topological polar surface area (TPSA) is 17.1 Å². The minimum atomic E-state index is -2.23. The van der Waals surface area contributed by atoms with Crippen molar-refractivity contribution < 1.29 is 13.6 Å². The highest BCUT2D eigenvalue weighted by atomic mass is 19.3. The van der Waals surface area contributed by atoms with Crippen molar-refractivity contribution in [1.29, 1.82) is 0 Å². The van der Waals surface area contributed by atoms with Gasteiger partial charge in [0.1, 0.15) is 6.29 Å². The zero-order valence-electron chi connectivity index (χ0n) is 8.20. The standard InChI is InChI=1S/C12H12F2O/c13-12(14)11-6-5-10(11)9-3-1-8(7-15)2-4-9/h1-4,7,10-12H,5-6H2. The summed E-state index contributed by atoms with van der Waals surface area (Å²) in [6, 6.07) is 6.93. The molecule has 15 heavy (non-hydrogen) atoms. The summed E-state index contributed by atoms with van der Waals surface area (Å²) in [4.78, 5) is 10.4. The summed E-state index contributed by atoms with van der Waals surface area (Å²) in [5.41, 5.74) is 1.52. The van der Waals surface area contributed by atoms with E-state index < -0.39 is 12.3 Å². The highest BCUT2D eigenvalue weighted by Gasteiger charge is 2.38. The van der Waals surface area contributed by atoms with Gasteiger partial charge in [0, 0.05) is 11.5 Å². The molecule has 0 amide bonds. The second-order valence-corrected chi connectivity index (χ2v) is 3.97. The lowest BCUT2D eigenvalue weighted by molar-refractivity contribution is 0.0168. The molecule has 1 aromatic carbocycles. The molecule has 1 aliphatic carbocycles. The van der Waals surface area contributed by atoms with Crippen molar-refractivity contribution in [2.45, 2.75) is 25.2 Å². The smallest absolute Gasteiger partial charge is 0.242 e. The van der Waals surface area contributed by atoms with Gasteiger partial charge in [-0.05, 0) is 24.3 Å². The molecule has 80 valence electrons. The summed E-state index contributed by atoms with van der Waals surface area (Å²) >= 11 is 0. The molecule has 2 atom stereocenters. The van der Waals surface area contributed by atoms with Crippen molar-refractivity contribution in [2.75, 3.05) is 0 Å². The summed E-state index contributed by atoms with van der Waals surface area (Å²) < 4.78 is 25.0. The monoisotopic (exact) mass is 210 g/mol. The maximum absolute atomic E-state index is 12.5. The van der Waals surface area contributed by atoms with Crippen molar-refractivity contribution >= 4 is 6.29 Å². The van der Waals surface area contributed by atoms with Crippen LogP contribution in [-0.4, -0.2) is 12.7 Å². The van der Waals surface area contributed by atoms with E-state index >= 15 is 0 Å². The van der Waals surface area contributed by atoms with E-state index in [1.54, 1.807) is 24.3 Å². The predicted molar refractivity (Wildman–Crippen MR) is 53.3 cm³/mol. The Hall–Kier alpha value is -1.25. The second kappa shape index (κ2) is 4.09. The van der Waals surface area contributed by atoms with Crippen molar-refractivity contribution in [3.8, 4) is 0 Å². The van der Waals surface area contributed by atoms with Gasteiger partial charge in [-0.2, -0.15) is 0 Å². The lowest BCUT2D eigenvalue weighted by atomic mass is 9.70. The predicted octanol–water partition coefficient (Wildman–Crippen LogP) is 3.26.